The number of rotatable bonds is 5. The fourth-order valence-corrected chi connectivity index (χ4v) is 1.45. The van der Waals surface area contributed by atoms with Crippen LogP contribution in [-0.2, 0) is 25.5 Å². The van der Waals surface area contributed by atoms with Gasteiger partial charge in [0.2, 0.25) is 0 Å². The fraction of sp³-hybridized carbons (Fsp3) is 0.417. The number of methoxy groups -OCH3 is 2. The predicted octanol–water partition coefficient (Wildman–Crippen LogP) is 0.976. The molecular weight excluding hydrogens is 222 g/mol. The maximum atomic E-state index is 11.4. The topological polar surface area (TPSA) is 65.5 Å². The van der Waals surface area contributed by atoms with Gasteiger partial charge in [0.25, 0.3) is 0 Å². The van der Waals surface area contributed by atoms with E-state index < -0.39 is 17.9 Å². The molecule has 0 aliphatic carbocycles. The van der Waals surface area contributed by atoms with Gasteiger partial charge >= 0.3 is 11.9 Å². The van der Waals surface area contributed by atoms with Gasteiger partial charge in [0.1, 0.15) is 0 Å². The second-order valence-electron chi connectivity index (χ2n) is 3.46. The smallest absolute Gasteiger partial charge is 0.320 e. The molecule has 0 saturated heterocycles. The lowest BCUT2D eigenvalue weighted by atomic mass is 10.0. The van der Waals surface area contributed by atoms with Crippen molar-refractivity contribution in [2.24, 2.45) is 5.92 Å². The fourth-order valence-electron chi connectivity index (χ4n) is 1.45. The lowest BCUT2D eigenvalue weighted by Crippen LogP contribution is -2.27. The molecule has 1 rings (SSSR count). The van der Waals surface area contributed by atoms with E-state index in [1.165, 1.54) is 14.2 Å². The highest BCUT2D eigenvalue weighted by Crippen LogP contribution is 2.11. The maximum Gasteiger partial charge on any atom is 0.320 e. The van der Waals surface area contributed by atoms with E-state index in [0.717, 1.165) is 5.69 Å². The van der Waals surface area contributed by atoms with Gasteiger partial charge in [-0.3, -0.25) is 14.6 Å². The Morgan fingerprint density at radius 1 is 1.24 bits per heavy atom. The van der Waals surface area contributed by atoms with Gasteiger partial charge in [-0.25, -0.2) is 0 Å². The molecule has 17 heavy (non-hydrogen) atoms. The summed E-state index contributed by atoms with van der Waals surface area (Å²) in [5.41, 5.74) is 0.824. The number of carbonyl (C=O) groups excluding carboxylic acids is 2. The molecular formula is C12H15NO4. The van der Waals surface area contributed by atoms with Crippen molar-refractivity contribution in [3.05, 3.63) is 30.1 Å². The number of nitrogens with zero attached hydrogens (tertiary/aromatic N) is 1. The Morgan fingerprint density at radius 2 is 1.88 bits per heavy atom. The van der Waals surface area contributed by atoms with Crippen molar-refractivity contribution in [2.45, 2.75) is 12.8 Å². The first-order valence-corrected chi connectivity index (χ1v) is 5.24. The molecule has 0 bridgehead atoms. The quantitative estimate of drug-likeness (QED) is 0.564. The van der Waals surface area contributed by atoms with Crippen LogP contribution < -0.4 is 0 Å². The van der Waals surface area contributed by atoms with E-state index in [-0.39, 0.29) is 0 Å². The maximum absolute atomic E-state index is 11.4. The Hall–Kier alpha value is -1.91. The minimum Gasteiger partial charge on any atom is -0.468 e. The molecule has 5 nitrogen and oxygen atoms in total. The first kappa shape index (κ1) is 13.2. The minimum atomic E-state index is -0.882. The van der Waals surface area contributed by atoms with Crippen molar-refractivity contribution in [3.63, 3.8) is 0 Å². The van der Waals surface area contributed by atoms with Gasteiger partial charge in [-0.15, -0.1) is 0 Å². The molecule has 0 radical (unpaired) electrons. The number of esters is 2. The van der Waals surface area contributed by atoms with Crippen molar-refractivity contribution in [1.29, 1.82) is 0 Å². The molecule has 1 heterocycles. The lowest BCUT2D eigenvalue weighted by Gasteiger charge is -2.11. The van der Waals surface area contributed by atoms with E-state index in [1.54, 1.807) is 6.20 Å². The van der Waals surface area contributed by atoms with Crippen LogP contribution in [0.2, 0.25) is 0 Å². The van der Waals surface area contributed by atoms with Gasteiger partial charge in [-0.05, 0) is 25.0 Å². The highest BCUT2D eigenvalue weighted by Gasteiger charge is 2.28. The molecule has 0 atom stereocenters. The number of hydrogen-bond acceptors (Lipinski definition) is 5. The highest BCUT2D eigenvalue weighted by molar-refractivity contribution is 5.94. The summed E-state index contributed by atoms with van der Waals surface area (Å²) in [5, 5.41) is 0. The normalized spacial score (nSPS) is 10.1. The SMILES string of the molecule is COC(=O)C(CCc1ccccn1)C(=O)OC. The summed E-state index contributed by atoms with van der Waals surface area (Å²) in [4.78, 5) is 26.9. The second kappa shape index (κ2) is 6.62. The third-order valence-electron chi connectivity index (χ3n) is 2.39. The molecule has 0 aromatic carbocycles. The molecule has 1 aromatic rings. The third-order valence-corrected chi connectivity index (χ3v) is 2.39. The van der Waals surface area contributed by atoms with Crippen LogP contribution in [0.5, 0.6) is 0 Å². The molecule has 0 aliphatic heterocycles. The Balaban J connectivity index is 2.61. The Bertz CT molecular complexity index is 361. The van der Waals surface area contributed by atoms with Crippen LogP contribution in [0.4, 0.5) is 0 Å². The van der Waals surface area contributed by atoms with Crippen LogP contribution in [0.15, 0.2) is 24.4 Å². The Kier molecular flexibility index (Phi) is 5.13. The summed E-state index contributed by atoms with van der Waals surface area (Å²) in [6.07, 6.45) is 2.52. The Morgan fingerprint density at radius 3 is 2.35 bits per heavy atom. The first-order chi connectivity index (χ1) is 8.19. The van der Waals surface area contributed by atoms with Crippen molar-refractivity contribution in [3.8, 4) is 0 Å². The molecule has 0 N–H and O–H groups in total. The molecule has 0 unspecified atom stereocenters. The molecule has 1 aromatic heterocycles. The largest absolute Gasteiger partial charge is 0.468 e. The zero-order valence-corrected chi connectivity index (χ0v) is 9.88. The number of pyridine rings is 1. The van der Waals surface area contributed by atoms with Crippen LogP contribution in [0, 0.1) is 5.92 Å². The highest BCUT2D eigenvalue weighted by atomic mass is 16.5. The minimum absolute atomic E-state index is 0.330. The first-order valence-electron chi connectivity index (χ1n) is 5.24. The number of ether oxygens (including phenoxy) is 2. The molecule has 92 valence electrons. The van der Waals surface area contributed by atoms with Gasteiger partial charge in [0.05, 0.1) is 14.2 Å². The van der Waals surface area contributed by atoms with Crippen molar-refractivity contribution in [1.82, 2.24) is 4.98 Å². The molecule has 0 spiro atoms. The van der Waals surface area contributed by atoms with E-state index >= 15 is 0 Å². The molecule has 0 aliphatic rings. The van der Waals surface area contributed by atoms with E-state index in [2.05, 4.69) is 14.5 Å². The van der Waals surface area contributed by atoms with Crippen molar-refractivity contribution in [2.75, 3.05) is 14.2 Å². The summed E-state index contributed by atoms with van der Waals surface area (Å²) < 4.78 is 9.13. The molecule has 0 amide bonds. The second-order valence-corrected chi connectivity index (χ2v) is 3.46. The number of hydrogen-bond donors (Lipinski definition) is 0. The molecule has 0 fully saturated rings. The summed E-state index contributed by atoms with van der Waals surface area (Å²) in [5.74, 6) is -2.03. The predicted molar refractivity (Wildman–Crippen MR) is 60.1 cm³/mol. The molecule has 0 saturated carbocycles. The van der Waals surface area contributed by atoms with E-state index in [4.69, 9.17) is 0 Å². The van der Waals surface area contributed by atoms with Crippen LogP contribution in [-0.4, -0.2) is 31.1 Å². The zero-order valence-electron chi connectivity index (χ0n) is 9.88. The van der Waals surface area contributed by atoms with Crippen LogP contribution in [0.25, 0.3) is 0 Å². The monoisotopic (exact) mass is 237 g/mol. The van der Waals surface area contributed by atoms with Crippen LogP contribution in [0.1, 0.15) is 12.1 Å². The van der Waals surface area contributed by atoms with E-state index in [9.17, 15) is 9.59 Å². The zero-order chi connectivity index (χ0) is 12.7. The van der Waals surface area contributed by atoms with Gasteiger partial charge in [0.15, 0.2) is 5.92 Å². The number of aryl methyl sites for hydroxylation is 1. The number of aromatic nitrogens is 1. The van der Waals surface area contributed by atoms with Crippen LogP contribution in [0.3, 0.4) is 0 Å². The number of carbonyl (C=O) groups is 2. The third kappa shape index (κ3) is 3.86. The average Bonchev–Trinajstić information content (AvgIpc) is 2.39. The summed E-state index contributed by atoms with van der Waals surface area (Å²) in [6.45, 7) is 0. The van der Waals surface area contributed by atoms with Crippen molar-refractivity contribution < 1.29 is 19.1 Å². The van der Waals surface area contributed by atoms with Gasteiger partial charge in [-0.2, -0.15) is 0 Å². The summed E-state index contributed by atoms with van der Waals surface area (Å²) >= 11 is 0. The van der Waals surface area contributed by atoms with E-state index in [0.29, 0.717) is 12.8 Å². The van der Waals surface area contributed by atoms with Gasteiger partial charge in [-0.1, -0.05) is 6.07 Å². The Labute approximate surface area is 99.8 Å². The average molecular weight is 237 g/mol. The standard InChI is InChI=1S/C12H15NO4/c1-16-11(14)10(12(15)17-2)7-6-9-5-3-4-8-13-9/h3-5,8,10H,6-7H2,1-2H3. The van der Waals surface area contributed by atoms with Gasteiger partial charge in [0, 0.05) is 11.9 Å². The summed E-state index contributed by atoms with van der Waals surface area (Å²) in [7, 11) is 2.50. The van der Waals surface area contributed by atoms with Gasteiger partial charge < -0.3 is 9.47 Å². The van der Waals surface area contributed by atoms with Crippen LogP contribution >= 0.6 is 0 Å². The van der Waals surface area contributed by atoms with E-state index in [1.807, 2.05) is 18.2 Å². The summed E-state index contributed by atoms with van der Waals surface area (Å²) in [6, 6.07) is 5.50. The molecule has 5 heteroatoms. The lowest BCUT2D eigenvalue weighted by molar-refractivity contribution is -0.159. The van der Waals surface area contributed by atoms with Crippen molar-refractivity contribution >= 4 is 11.9 Å².